The van der Waals surface area contributed by atoms with Crippen LogP contribution in [0, 0.1) is 0 Å². The highest BCUT2D eigenvalue weighted by atomic mass is 79.9. The van der Waals surface area contributed by atoms with E-state index in [1.165, 1.54) is 30.0 Å². The fourth-order valence-corrected chi connectivity index (χ4v) is 3.31. The van der Waals surface area contributed by atoms with Gasteiger partial charge in [0.1, 0.15) is 5.75 Å². The molecule has 0 saturated heterocycles. The van der Waals surface area contributed by atoms with Gasteiger partial charge in [0.15, 0.2) is 0 Å². The number of hydrogen-bond donors (Lipinski definition) is 1. The fraction of sp³-hybridized carbons (Fsp3) is 0.450. The van der Waals surface area contributed by atoms with E-state index in [4.69, 9.17) is 21.1 Å². The van der Waals surface area contributed by atoms with Crippen molar-refractivity contribution in [2.45, 2.75) is 45.4 Å². The Labute approximate surface area is 195 Å². The van der Waals surface area contributed by atoms with Crippen LogP contribution in [0.15, 0.2) is 35.1 Å². The Morgan fingerprint density at radius 3 is 2.60 bits per heavy atom. The summed E-state index contributed by atoms with van der Waals surface area (Å²) in [6.45, 7) is 2.63. The zero-order chi connectivity index (χ0) is 21.8. The number of nitrogens with zero attached hydrogens (tertiary/aromatic N) is 3. The smallest absolute Gasteiger partial charge is 0.420 e. The molecule has 1 N–H and O–H groups in total. The number of rotatable bonds is 12. The molecule has 1 amide bonds. The van der Waals surface area contributed by atoms with Crippen LogP contribution in [0.3, 0.4) is 0 Å². The SMILES string of the molecule is CCCCCCCCOC(=O)N(C)SNc1ccc(Oc2ncc(Br)cn2)c(Cl)c1. The van der Waals surface area contributed by atoms with Crippen molar-refractivity contribution in [3.05, 3.63) is 40.1 Å². The van der Waals surface area contributed by atoms with Crippen LogP contribution in [-0.4, -0.2) is 34.0 Å². The van der Waals surface area contributed by atoms with E-state index in [9.17, 15) is 4.79 Å². The summed E-state index contributed by atoms with van der Waals surface area (Å²) in [5.74, 6) is 0.432. The lowest BCUT2D eigenvalue weighted by Crippen LogP contribution is -2.22. The highest BCUT2D eigenvalue weighted by Gasteiger charge is 2.12. The highest BCUT2D eigenvalue weighted by molar-refractivity contribution is 9.10. The van der Waals surface area contributed by atoms with Crippen LogP contribution in [0.5, 0.6) is 11.8 Å². The normalized spacial score (nSPS) is 10.5. The second-order valence-electron chi connectivity index (χ2n) is 6.50. The van der Waals surface area contributed by atoms with Gasteiger partial charge >= 0.3 is 12.1 Å². The molecule has 0 spiro atoms. The van der Waals surface area contributed by atoms with Gasteiger partial charge in [-0.15, -0.1) is 0 Å². The number of carbonyl (C=O) groups excluding carboxylic acids is 1. The van der Waals surface area contributed by atoms with Crippen molar-refractivity contribution in [3.8, 4) is 11.8 Å². The van der Waals surface area contributed by atoms with Gasteiger partial charge in [0, 0.05) is 25.1 Å². The van der Waals surface area contributed by atoms with Gasteiger partial charge in [0.25, 0.3) is 0 Å². The molecule has 1 aromatic carbocycles. The molecule has 0 aliphatic heterocycles. The van der Waals surface area contributed by atoms with E-state index >= 15 is 0 Å². The van der Waals surface area contributed by atoms with Crippen LogP contribution >= 0.6 is 39.7 Å². The molecule has 0 radical (unpaired) electrons. The molecule has 0 aliphatic carbocycles. The summed E-state index contributed by atoms with van der Waals surface area (Å²) in [5, 5.41) is 0.389. The lowest BCUT2D eigenvalue weighted by molar-refractivity contribution is 0.130. The number of unbranched alkanes of at least 4 members (excludes halogenated alkanes) is 5. The predicted molar refractivity (Wildman–Crippen MR) is 125 cm³/mol. The number of carbonyl (C=O) groups is 1. The quantitative estimate of drug-likeness (QED) is 0.238. The van der Waals surface area contributed by atoms with E-state index in [0.717, 1.165) is 29.4 Å². The monoisotopic (exact) mass is 516 g/mol. The maximum absolute atomic E-state index is 12.0. The molecular formula is C20H26BrClN4O3S. The van der Waals surface area contributed by atoms with Crippen LogP contribution in [-0.2, 0) is 4.74 Å². The molecule has 0 fully saturated rings. The van der Waals surface area contributed by atoms with Gasteiger partial charge < -0.3 is 14.2 Å². The maximum Gasteiger partial charge on any atom is 0.420 e. The van der Waals surface area contributed by atoms with Crippen molar-refractivity contribution < 1.29 is 14.3 Å². The van der Waals surface area contributed by atoms with Crippen LogP contribution in [0.25, 0.3) is 0 Å². The van der Waals surface area contributed by atoms with Crippen molar-refractivity contribution in [2.75, 3.05) is 18.4 Å². The number of hydrogen-bond acceptors (Lipinski definition) is 7. The summed E-state index contributed by atoms with van der Waals surface area (Å²) in [6, 6.07) is 5.37. The van der Waals surface area contributed by atoms with Crippen LogP contribution in [0.1, 0.15) is 45.4 Å². The lowest BCUT2D eigenvalue weighted by Gasteiger charge is -2.16. The fourth-order valence-electron chi connectivity index (χ4n) is 2.39. The molecule has 164 valence electrons. The zero-order valence-corrected chi connectivity index (χ0v) is 20.2. The number of amides is 1. The van der Waals surface area contributed by atoms with Crippen LogP contribution < -0.4 is 9.46 Å². The second kappa shape index (κ2) is 13.6. The molecule has 30 heavy (non-hydrogen) atoms. The minimum Gasteiger partial charge on any atom is -0.449 e. The number of nitrogens with one attached hydrogen (secondary N) is 1. The van der Waals surface area contributed by atoms with E-state index < -0.39 is 0 Å². The first-order valence-electron chi connectivity index (χ1n) is 9.78. The first-order valence-corrected chi connectivity index (χ1v) is 11.7. The first kappa shape index (κ1) is 24.6. The summed E-state index contributed by atoms with van der Waals surface area (Å²) < 4.78 is 16.1. The van der Waals surface area contributed by atoms with E-state index in [1.54, 1.807) is 37.6 Å². The molecule has 7 nitrogen and oxygen atoms in total. The standard InChI is InChI=1S/C20H26BrClN4O3S/c1-3-4-5-6-7-8-11-28-20(27)26(2)30-25-16-9-10-18(17(22)12-16)29-19-23-13-15(21)14-24-19/h9-10,12-14,25H,3-8,11H2,1-2H3. The molecule has 10 heteroatoms. The van der Waals surface area contributed by atoms with Gasteiger partial charge in [0.05, 0.1) is 28.2 Å². The average molecular weight is 518 g/mol. The summed E-state index contributed by atoms with van der Waals surface area (Å²) in [6.07, 6.45) is 9.68. The zero-order valence-electron chi connectivity index (χ0n) is 17.1. The molecule has 0 unspecified atom stereocenters. The van der Waals surface area contributed by atoms with Crippen LogP contribution in [0.2, 0.25) is 5.02 Å². The van der Waals surface area contributed by atoms with Crippen molar-refractivity contribution in [3.63, 3.8) is 0 Å². The number of halogens is 2. The first-order chi connectivity index (χ1) is 14.5. The molecule has 0 aliphatic rings. The van der Waals surface area contributed by atoms with Gasteiger partial charge in [-0.1, -0.05) is 50.6 Å². The van der Waals surface area contributed by atoms with Gasteiger partial charge in [-0.25, -0.2) is 19.1 Å². The molecule has 0 atom stereocenters. The van der Waals surface area contributed by atoms with Crippen molar-refractivity contribution in [1.82, 2.24) is 14.3 Å². The second-order valence-corrected chi connectivity index (χ2v) is 8.76. The highest BCUT2D eigenvalue weighted by Crippen LogP contribution is 2.31. The molecule has 1 heterocycles. The van der Waals surface area contributed by atoms with E-state index in [-0.39, 0.29) is 12.1 Å². The summed E-state index contributed by atoms with van der Waals surface area (Å²) in [5.41, 5.74) is 0.713. The van der Waals surface area contributed by atoms with Crippen LogP contribution in [0.4, 0.5) is 10.5 Å². The summed E-state index contributed by atoms with van der Waals surface area (Å²) >= 11 is 10.7. The van der Waals surface area contributed by atoms with Crippen molar-refractivity contribution in [2.24, 2.45) is 0 Å². The third kappa shape index (κ3) is 8.97. The Kier molecular flexibility index (Phi) is 11.1. The largest absolute Gasteiger partial charge is 0.449 e. The van der Waals surface area contributed by atoms with Gasteiger partial charge in [-0.05, 0) is 40.5 Å². The third-order valence-corrected chi connectivity index (χ3v) is 5.47. The molecule has 0 bridgehead atoms. The minimum atomic E-state index is -0.389. The minimum absolute atomic E-state index is 0.197. The Morgan fingerprint density at radius 1 is 1.20 bits per heavy atom. The maximum atomic E-state index is 12.0. The molecule has 2 aromatic rings. The predicted octanol–water partition coefficient (Wildman–Crippen LogP) is 7.09. The average Bonchev–Trinajstić information content (AvgIpc) is 2.74. The number of benzene rings is 1. The molecular weight excluding hydrogens is 492 g/mol. The van der Waals surface area contributed by atoms with E-state index in [2.05, 4.69) is 37.5 Å². The Balaban J connectivity index is 1.72. The third-order valence-electron chi connectivity index (χ3n) is 4.01. The van der Waals surface area contributed by atoms with Gasteiger partial charge in [0.2, 0.25) is 0 Å². The van der Waals surface area contributed by atoms with E-state index in [0.29, 0.717) is 23.1 Å². The summed E-state index contributed by atoms with van der Waals surface area (Å²) in [7, 11) is 1.64. The lowest BCUT2D eigenvalue weighted by atomic mass is 10.1. The van der Waals surface area contributed by atoms with Gasteiger partial charge in [-0.3, -0.25) is 0 Å². The topological polar surface area (TPSA) is 76.6 Å². The number of ether oxygens (including phenoxy) is 2. The Hall–Kier alpha value is -1.71. The molecule has 2 rings (SSSR count). The number of anilines is 1. The Morgan fingerprint density at radius 2 is 1.90 bits per heavy atom. The van der Waals surface area contributed by atoms with Crippen molar-refractivity contribution in [1.29, 1.82) is 0 Å². The van der Waals surface area contributed by atoms with E-state index in [1.807, 2.05) is 0 Å². The van der Waals surface area contributed by atoms with Crippen molar-refractivity contribution >= 4 is 51.4 Å². The molecule has 1 aromatic heterocycles. The van der Waals surface area contributed by atoms with Gasteiger partial charge in [-0.2, -0.15) is 0 Å². The number of aromatic nitrogens is 2. The Bertz CT molecular complexity index is 798. The molecule has 0 saturated carbocycles. The summed E-state index contributed by atoms with van der Waals surface area (Å²) in [4.78, 5) is 20.1.